The topological polar surface area (TPSA) is 77.5 Å². The molecule has 0 aromatic carbocycles. The lowest BCUT2D eigenvalue weighted by Gasteiger charge is -2.19. The Morgan fingerprint density at radius 2 is 1.91 bits per heavy atom. The maximum atomic E-state index is 11.9. The summed E-state index contributed by atoms with van der Waals surface area (Å²) >= 11 is 1.21. The average Bonchev–Trinajstić information content (AvgIpc) is 2.85. The molecule has 2 heterocycles. The zero-order valence-corrected chi connectivity index (χ0v) is 15.0. The molecule has 7 heteroatoms. The zero-order valence-electron chi connectivity index (χ0n) is 14.2. The van der Waals surface area contributed by atoms with Crippen LogP contribution < -0.4 is 5.32 Å². The lowest BCUT2D eigenvalue weighted by Crippen LogP contribution is -2.27. The predicted octanol–water partition coefficient (Wildman–Crippen LogP) is 4.46. The van der Waals surface area contributed by atoms with Crippen molar-refractivity contribution in [2.45, 2.75) is 40.2 Å². The Morgan fingerprint density at radius 1 is 1.26 bits per heavy atom. The number of amides is 1. The Bertz CT molecular complexity index is 689. The highest BCUT2D eigenvalue weighted by Crippen LogP contribution is 2.35. The maximum absolute atomic E-state index is 11.9. The van der Waals surface area contributed by atoms with E-state index in [9.17, 15) is 9.59 Å². The van der Waals surface area contributed by atoms with Crippen molar-refractivity contribution in [1.29, 1.82) is 0 Å². The third-order valence-corrected chi connectivity index (χ3v) is 3.61. The van der Waals surface area contributed by atoms with Gasteiger partial charge in [0, 0.05) is 17.8 Å². The van der Waals surface area contributed by atoms with Crippen LogP contribution in [0.1, 0.15) is 44.3 Å². The Morgan fingerprint density at radius 3 is 2.48 bits per heavy atom. The first-order valence-corrected chi connectivity index (χ1v) is 8.08. The quantitative estimate of drug-likeness (QED) is 0.818. The first-order chi connectivity index (χ1) is 10.8. The number of carbonyl (C=O) groups excluding carboxylic acids is 2. The summed E-state index contributed by atoms with van der Waals surface area (Å²) in [7, 11) is 1.29. The second-order valence-corrected chi connectivity index (χ2v) is 6.35. The van der Waals surface area contributed by atoms with Gasteiger partial charge < -0.3 is 9.47 Å². The lowest BCUT2D eigenvalue weighted by molar-refractivity contribution is 0.0607. The molecule has 0 radical (unpaired) electrons. The van der Waals surface area contributed by atoms with Gasteiger partial charge in [0.15, 0.2) is 0 Å². The number of carbonyl (C=O) groups is 2. The number of ether oxygens (including phenoxy) is 2. The van der Waals surface area contributed by atoms with Gasteiger partial charge in [0.05, 0.1) is 17.5 Å². The Kier molecular flexibility index (Phi) is 6.50. The Balaban J connectivity index is 0.00000127. The number of methoxy groups -OCH3 is 1. The lowest BCUT2D eigenvalue weighted by atomic mass is 10.2. The van der Waals surface area contributed by atoms with Crippen LogP contribution in [0, 0.1) is 0 Å². The van der Waals surface area contributed by atoms with Gasteiger partial charge >= 0.3 is 12.1 Å². The molecule has 0 unspecified atom stereocenters. The summed E-state index contributed by atoms with van der Waals surface area (Å²) in [6.45, 7) is 9.30. The Labute approximate surface area is 139 Å². The highest BCUT2D eigenvalue weighted by molar-refractivity contribution is 7.21. The van der Waals surface area contributed by atoms with Gasteiger partial charge in [-0.15, -0.1) is 11.3 Å². The fraction of sp³-hybridized carbons (Fsp3) is 0.438. The summed E-state index contributed by atoms with van der Waals surface area (Å²) in [5.41, 5.74) is -0.235. The van der Waals surface area contributed by atoms with E-state index >= 15 is 0 Å². The molecule has 0 aliphatic carbocycles. The van der Waals surface area contributed by atoms with Gasteiger partial charge in [-0.05, 0) is 26.8 Å². The first kappa shape index (κ1) is 18.9. The molecular weight excluding hydrogens is 316 g/mol. The summed E-state index contributed by atoms with van der Waals surface area (Å²) in [6.07, 6.45) is 2.60. The van der Waals surface area contributed by atoms with Crippen LogP contribution in [0.15, 0.2) is 18.5 Å². The smallest absolute Gasteiger partial charge is 0.412 e. The number of nitrogens with zero attached hydrogens (tertiary/aromatic N) is 1. The standard InChI is InChI=1S/C14H16N2O4S.C2H6/c1-14(2,3)20-13(18)16-10-8-5-6-15-7-9(8)21-11(10)12(17)19-4;1-2/h5-7H,1-4H3,(H,16,18);1-2H3. The fourth-order valence-electron chi connectivity index (χ4n) is 1.72. The molecule has 2 aromatic heterocycles. The monoisotopic (exact) mass is 338 g/mol. The van der Waals surface area contributed by atoms with Gasteiger partial charge in [-0.25, -0.2) is 9.59 Å². The molecule has 23 heavy (non-hydrogen) atoms. The van der Waals surface area contributed by atoms with Crippen molar-refractivity contribution in [3.05, 3.63) is 23.3 Å². The number of rotatable bonds is 2. The highest BCUT2D eigenvalue weighted by Gasteiger charge is 2.23. The molecule has 0 spiro atoms. The van der Waals surface area contributed by atoms with E-state index < -0.39 is 17.7 Å². The van der Waals surface area contributed by atoms with E-state index in [0.717, 1.165) is 10.1 Å². The number of anilines is 1. The number of hydrogen-bond donors (Lipinski definition) is 1. The van der Waals surface area contributed by atoms with Gasteiger partial charge in [0.2, 0.25) is 0 Å². The summed E-state index contributed by atoms with van der Waals surface area (Å²) in [4.78, 5) is 28.1. The summed E-state index contributed by atoms with van der Waals surface area (Å²) < 4.78 is 10.7. The van der Waals surface area contributed by atoms with Gasteiger partial charge in [-0.3, -0.25) is 10.3 Å². The molecule has 2 aromatic rings. The van der Waals surface area contributed by atoms with Crippen LogP contribution in [0.5, 0.6) is 0 Å². The summed E-state index contributed by atoms with van der Waals surface area (Å²) in [5.74, 6) is -0.512. The van der Waals surface area contributed by atoms with Crippen LogP contribution >= 0.6 is 11.3 Å². The molecule has 126 valence electrons. The molecule has 0 saturated carbocycles. The number of hydrogen-bond acceptors (Lipinski definition) is 6. The van der Waals surface area contributed by atoms with Crippen molar-refractivity contribution in [1.82, 2.24) is 4.98 Å². The molecule has 1 N–H and O–H groups in total. The van der Waals surface area contributed by atoms with Gasteiger partial charge in [0.25, 0.3) is 0 Å². The Hall–Kier alpha value is -2.15. The van der Waals surface area contributed by atoms with Crippen LogP contribution in [0.3, 0.4) is 0 Å². The van der Waals surface area contributed by atoms with Crippen molar-refractivity contribution in [3.63, 3.8) is 0 Å². The zero-order chi connectivity index (χ0) is 17.6. The van der Waals surface area contributed by atoms with E-state index in [2.05, 4.69) is 10.3 Å². The second kappa shape index (κ2) is 7.92. The van der Waals surface area contributed by atoms with Gasteiger partial charge in [-0.2, -0.15) is 0 Å². The third-order valence-electron chi connectivity index (χ3n) is 2.49. The molecular formula is C16H22N2O4S. The average molecular weight is 338 g/mol. The number of nitrogens with one attached hydrogen (secondary N) is 1. The normalized spacial score (nSPS) is 10.5. The van der Waals surface area contributed by atoms with E-state index in [0.29, 0.717) is 10.6 Å². The molecule has 2 rings (SSSR count). The minimum Gasteiger partial charge on any atom is -0.465 e. The second-order valence-electron chi connectivity index (χ2n) is 5.30. The minimum atomic E-state index is -0.622. The molecule has 0 bridgehead atoms. The SMILES string of the molecule is CC.COC(=O)c1sc2cnccc2c1NC(=O)OC(C)(C)C. The van der Waals surface area contributed by atoms with E-state index in [1.165, 1.54) is 18.4 Å². The van der Waals surface area contributed by atoms with E-state index in [1.807, 2.05) is 13.8 Å². The molecule has 1 amide bonds. The fourth-order valence-corrected chi connectivity index (χ4v) is 2.76. The number of fused-ring (bicyclic) bond motifs is 1. The van der Waals surface area contributed by atoms with Crippen LogP contribution in [0.2, 0.25) is 0 Å². The summed E-state index contributed by atoms with van der Waals surface area (Å²) in [5, 5.41) is 3.35. The number of esters is 1. The van der Waals surface area contributed by atoms with E-state index in [4.69, 9.17) is 9.47 Å². The molecule has 0 saturated heterocycles. The minimum absolute atomic E-state index is 0.311. The highest BCUT2D eigenvalue weighted by atomic mass is 32.1. The van der Waals surface area contributed by atoms with Crippen molar-refractivity contribution in [2.24, 2.45) is 0 Å². The number of thiophene rings is 1. The first-order valence-electron chi connectivity index (χ1n) is 7.26. The van der Waals surface area contributed by atoms with E-state index in [-0.39, 0.29) is 0 Å². The van der Waals surface area contributed by atoms with Crippen molar-refractivity contribution >= 4 is 39.2 Å². The largest absolute Gasteiger partial charge is 0.465 e. The molecule has 0 aliphatic heterocycles. The molecule has 0 atom stereocenters. The molecule has 0 fully saturated rings. The predicted molar refractivity (Wildman–Crippen MR) is 92.2 cm³/mol. The number of pyridine rings is 1. The van der Waals surface area contributed by atoms with Crippen LogP contribution in [0.25, 0.3) is 10.1 Å². The maximum Gasteiger partial charge on any atom is 0.412 e. The van der Waals surface area contributed by atoms with Crippen LogP contribution in [-0.4, -0.2) is 29.8 Å². The van der Waals surface area contributed by atoms with Crippen LogP contribution in [-0.2, 0) is 9.47 Å². The van der Waals surface area contributed by atoms with Crippen molar-refractivity contribution in [3.8, 4) is 0 Å². The molecule has 6 nitrogen and oxygen atoms in total. The van der Waals surface area contributed by atoms with Gasteiger partial charge in [0.1, 0.15) is 10.5 Å². The van der Waals surface area contributed by atoms with Crippen LogP contribution in [0.4, 0.5) is 10.5 Å². The van der Waals surface area contributed by atoms with E-state index in [1.54, 1.807) is 39.2 Å². The van der Waals surface area contributed by atoms with Crippen molar-refractivity contribution < 1.29 is 19.1 Å². The van der Waals surface area contributed by atoms with Crippen molar-refractivity contribution in [2.75, 3.05) is 12.4 Å². The number of aromatic nitrogens is 1. The third kappa shape index (κ3) is 4.92. The molecule has 0 aliphatic rings. The summed E-state index contributed by atoms with van der Waals surface area (Å²) in [6, 6.07) is 1.73. The van der Waals surface area contributed by atoms with Gasteiger partial charge in [-0.1, -0.05) is 13.8 Å².